The van der Waals surface area contributed by atoms with Gasteiger partial charge < -0.3 is 10.2 Å². The zero-order valence-corrected chi connectivity index (χ0v) is 10.5. The average molecular weight is 220 g/mol. The van der Waals surface area contributed by atoms with E-state index in [-0.39, 0.29) is 5.54 Å². The molecule has 1 aliphatic rings. The first kappa shape index (κ1) is 11.2. The highest BCUT2D eigenvalue weighted by atomic mass is 15.3. The molecule has 2 rings (SSSR count). The first-order valence-corrected chi connectivity index (χ1v) is 5.84. The van der Waals surface area contributed by atoms with Crippen molar-refractivity contribution in [3.05, 3.63) is 11.8 Å². The van der Waals surface area contributed by atoms with Crippen LogP contribution in [0, 0.1) is 6.92 Å². The van der Waals surface area contributed by atoms with Crippen molar-refractivity contribution in [1.29, 1.82) is 0 Å². The summed E-state index contributed by atoms with van der Waals surface area (Å²) in [6.45, 7) is 7.65. The highest BCUT2D eigenvalue weighted by Gasteiger charge is 2.33. The molecule has 1 aromatic heterocycles. The highest BCUT2D eigenvalue weighted by molar-refractivity contribution is 5.47. The summed E-state index contributed by atoms with van der Waals surface area (Å²) in [6.07, 6.45) is 2.47. The van der Waals surface area contributed by atoms with Crippen LogP contribution in [0.3, 0.4) is 0 Å². The smallest absolute Gasteiger partial charge is 0.224 e. The Labute approximate surface area is 97.1 Å². The molecular weight excluding hydrogens is 200 g/mol. The first-order chi connectivity index (χ1) is 7.53. The fraction of sp³-hybridized carbons (Fsp3) is 0.667. The summed E-state index contributed by atoms with van der Waals surface area (Å²) < 4.78 is 0. The lowest BCUT2D eigenvalue weighted by molar-refractivity contribution is 0.514. The van der Waals surface area contributed by atoms with Crippen molar-refractivity contribution in [3.63, 3.8) is 0 Å². The number of nitrogens with zero attached hydrogens (tertiary/aromatic N) is 3. The van der Waals surface area contributed by atoms with Gasteiger partial charge in [-0.2, -0.15) is 4.98 Å². The van der Waals surface area contributed by atoms with E-state index in [0.29, 0.717) is 5.95 Å². The maximum absolute atomic E-state index is 4.53. The van der Waals surface area contributed by atoms with Gasteiger partial charge in [0.05, 0.1) is 0 Å². The van der Waals surface area contributed by atoms with Gasteiger partial charge in [-0.1, -0.05) is 0 Å². The molecule has 0 saturated carbocycles. The Bertz CT molecular complexity index is 387. The molecule has 1 fully saturated rings. The van der Waals surface area contributed by atoms with Crippen molar-refractivity contribution in [3.8, 4) is 0 Å². The van der Waals surface area contributed by atoms with Crippen molar-refractivity contribution in [1.82, 2.24) is 9.97 Å². The Morgan fingerprint density at radius 2 is 2.12 bits per heavy atom. The molecule has 2 heterocycles. The van der Waals surface area contributed by atoms with E-state index in [1.165, 1.54) is 12.8 Å². The molecule has 0 bridgehead atoms. The number of aryl methyl sites for hydroxylation is 1. The molecule has 0 unspecified atom stereocenters. The van der Waals surface area contributed by atoms with E-state index in [1.807, 2.05) is 14.0 Å². The largest absolute Gasteiger partial charge is 0.357 e. The topological polar surface area (TPSA) is 41.1 Å². The maximum atomic E-state index is 4.53. The van der Waals surface area contributed by atoms with E-state index in [2.05, 4.69) is 40.1 Å². The van der Waals surface area contributed by atoms with Crippen LogP contribution < -0.4 is 10.2 Å². The van der Waals surface area contributed by atoms with Crippen molar-refractivity contribution >= 4 is 11.8 Å². The van der Waals surface area contributed by atoms with E-state index in [9.17, 15) is 0 Å². The summed E-state index contributed by atoms with van der Waals surface area (Å²) in [7, 11) is 1.85. The fourth-order valence-corrected chi connectivity index (χ4v) is 2.33. The number of aromatic nitrogens is 2. The van der Waals surface area contributed by atoms with Crippen LogP contribution >= 0.6 is 0 Å². The quantitative estimate of drug-likeness (QED) is 0.829. The zero-order chi connectivity index (χ0) is 11.8. The van der Waals surface area contributed by atoms with E-state index in [4.69, 9.17) is 0 Å². The molecule has 0 atom stereocenters. The molecule has 0 spiro atoms. The molecule has 16 heavy (non-hydrogen) atoms. The second kappa shape index (κ2) is 3.92. The van der Waals surface area contributed by atoms with Gasteiger partial charge in [0.2, 0.25) is 5.95 Å². The van der Waals surface area contributed by atoms with Gasteiger partial charge in [-0.15, -0.1) is 0 Å². The SMILES string of the molecule is CNc1nc(C)cc(N2CCCC2(C)C)n1. The second-order valence-corrected chi connectivity index (χ2v) is 5.01. The third kappa shape index (κ3) is 1.96. The van der Waals surface area contributed by atoms with Gasteiger partial charge in [0.1, 0.15) is 5.82 Å². The maximum Gasteiger partial charge on any atom is 0.224 e. The van der Waals surface area contributed by atoms with Gasteiger partial charge in [0.25, 0.3) is 0 Å². The van der Waals surface area contributed by atoms with Gasteiger partial charge in [-0.25, -0.2) is 4.98 Å². The molecule has 88 valence electrons. The van der Waals surface area contributed by atoms with Gasteiger partial charge in [-0.3, -0.25) is 0 Å². The van der Waals surface area contributed by atoms with Crippen LogP contribution in [0.4, 0.5) is 11.8 Å². The van der Waals surface area contributed by atoms with Crippen molar-refractivity contribution in [2.45, 2.75) is 39.2 Å². The highest BCUT2D eigenvalue weighted by Crippen LogP contribution is 2.32. The Hall–Kier alpha value is -1.32. The lowest BCUT2D eigenvalue weighted by atomic mass is 10.0. The number of nitrogens with one attached hydrogen (secondary N) is 1. The van der Waals surface area contributed by atoms with E-state index < -0.39 is 0 Å². The van der Waals surface area contributed by atoms with Crippen LogP contribution in [0.25, 0.3) is 0 Å². The number of rotatable bonds is 2. The first-order valence-electron chi connectivity index (χ1n) is 5.84. The number of hydrogen-bond donors (Lipinski definition) is 1. The predicted octanol–water partition coefficient (Wildman–Crippen LogP) is 2.21. The second-order valence-electron chi connectivity index (χ2n) is 5.01. The van der Waals surface area contributed by atoms with Crippen LogP contribution in [0.5, 0.6) is 0 Å². The normalized spacial score (nSPS) is 18.9. The Morgan fingerprint density at radius 1 is 1.38 bits per heavy atom. The van der Waals surface area contributed by atoms with Crippen molar-refractivity contribution < 1.29 is 0 Å². The molecule has 0 radical (unpaired) electrons. The van der Waals surface area contributed by atoms with E-state index in [0.717, 1.165) is 18.1 Å². The Morgan fingerprint density at radius 3 is 2.69 bits per heavy atom. The van der Waals surface area contributed by atoms with Gasteiger partial charge in [0.15, 0.2) is 0 Å². The number of hydrogen-bond acceptors (Lipinski definition) is 4. The summed E-state index contributed by atoms with van der Waals surface area (Å²) in [4.78, 5) is 11.2. The molecule has 0 aliphatic carbocycles. The summed E-state index contributed by atoms with van der Waals surface area (Å²) in [5.74, 6) is 1.75. The Balaban J connectivity index is 2.36. The van der Waals surface area contributed by atoms with Crippen molar-refractivity contribution in [2.75, 3.05) is 23.8 Å². The molecule has 0 aromatic carbocycles. The molecule has 1 saturated heterocycles. The van der Waals surface area contributed by atoms with Crippen LogP contribution in [0.15, 0.2) is 6.07 Å². The lowest BCUT2D eigenvalue weighted by Gasteiger charge is -2.32. The van der Waals surface area contributed by atoms with Crippen molar-refractivity contribution in [2.24, 2.45) is 0 Å². The van der Waals surface area contributed by atoms with Crippen LogP contribution in [0.1, 0.15) is 32.4 Å². The van der Waals surface area contributed by atoms with Gasteiger partial charge in [0, 0.05) is 30.9 Å². The standard InChI is InChI=1S/C12H20N4/c1-9-8-10(15-11(13-4)14-9)16-7-5-6-12(16,2)3/h8H,5-7H2,1-4H3,(H,13,14,15). The molecular formula is C12H20N4. The third-order valence-corrected chi connectivity index (χ3v) is 3.24. The third-order valence-electron chi connectivity index (χ3n) is 3.24. The molecule has 4 heteroatoms. The van der Waals surface area contributed by atoms with E-state index in [1.54, 1.807) is 0 Å². The summed E-state index contributed by atoms with van der Waals surface area (Å²) in [5.41, 5.74) is 1.23. The summed E-state index contributed by atoms with van der Waals surface area (Å²) >= 11 is 0. The molecule has 4 nitrogen and oxygen atoms in total. The number of anilines is 2. The van der Waals surface area contributed by atoms with Crippen LogP contribution in [-0.2, 0) is 0 Å². The van der Waals surface area contributed by atoms with E-state index >= 15 is 0 Å². The molecule has 1 N–H and O–H groups in total. The molecule has 1 aliphatic heterocycles. The molecule has 0 amide bonds. The lowest BCUT2D eigenvalue weighted by Crippen LogP contribution is -2.38. The van der Waals surface area contributed by atoms with Crippen LogP contribution in [0.2, 0.25) is 0 Å². The monoisotopic (exact) mass is 220 g/mol. The minimum Gasteiger partial charge on any atom is -0.357 e. The fourth-order valence-electron chi connectivity index (χ4n) is 2.33. The van der Waals surface area contributed by atoms with Gasteiger partial charge >= 0.3 is 0 Å². The predicted molar refractivity (Wildman–Crippen MR) is 67.0 cm³/mol. The van der Waals surface area contributed by atoms with Crippen LogP contribution in [-0.4, -0.2) is 29.1 Å². The Kier molecular flexibility index (Phi) is 2.74. The van der Waals surface area contributed by atoms with Gasteiger partial charge in [-0.05, 0) is 33.6 Å². The average Bonchev–Trinajstić information content (AvgIpc) is 2.57. The minimum absolute atomic E-state index is 0.214. The molecule has 1 aromatic rings. The minimum atomic E-state index is 0.214. The summed E-state index contributed by atoms with van der Waals surface area (Å²) in [5, 5.41) is 3.01. The zero-order valence-electron chi connectivity index (χ0n) is 10.5. The summed E-state index contributed by atoms with van der Waals surface area (Å²) in [6, 6.07) is 2.06.